The molecule has 0 aliphatic rings. The van der Waals surface area contributed by atoms with Crippen molar-refractivity contribution in [2.45, 2.75) is 0 Å². The van der Waals surface area contributed by atoms with Crippen LogP contribution < -0.4 is 0 Å². The van der Waals surface area contributed by atoms with Crippen LogP contribution in [-0.4, -0.2) is 22.0 Å². The van der Waals surface area contributed by atoms with E-state index in [4.69, 9.17) is 0 Å². The Labute approximate surface area is 61.9 Å². The molecule has 0 N–H and O–H groups in total. The summed E-state index contributed by atoms with van der Waals surface area (Å²) in [4.78, 5) is 0. The quantitative estimate of drug-likeness (QED) is 0.416. The van der Waals surface area contributed by atoms with Gasteiger partial charge in [-0.1, -0.05) is 0 Å². The van der Waals surface area contributed by atoms with Gasteiger partial charge in [0.05, 0.1) is 0 Å². The van der Waals surface area contributed by atoms with E-state index in [1.165, 1.54) is 22.0 Å². The minimum absolute atomic E-state index is 0. The summed E-state index contributed by atoms with van der Waals surface area (Å²) < 4.78 is 0. The molecule has 0 aromatic heterocycles. The van der Waals surface area contributed by atoms with Gasteiger partial charge in [-0.15, -0.1) is 0 Å². The standard InChI is InChI=1S/Fe.Ni.H2P.Sn.H/h;;1H2;;/q;;-1;+1;. The van der Waals surface area contributed by atoms with Crippen LogP contribution in [0.5, 0.6) is 0 Å². The van der Waals surface area contributed by atoms with Crippen LogP contribution in [-0.2, 0) is 33.6 Å². The average Bonchev–Trinajstić information content (AvgIpc) is 1.00. The predicted octanol–water partition coefficient (Wildman–Crippen LogP) is -0.328. The van der Waals surface area contributed by atoms with Crippen LogP contribution in [0.1, 0.15) is 0 Å². The van der Waals surface area contributed by atoms with E-state index in [1.54, 1.807) is 0 Å². The zero-order valence-electron chi connectivity index (χ0n) is 1.82. The van der Waals surface area contributed by atoms with Crippen LogP contribution in [0.3, 0.4) is 0 Å². The van der Waals surface area contributed by atoms with Gasteiger partial charge in [-0.3, -0.25) is 0 Å². The summed E-state index contributed by atoms with van der Waals surface area (Å²) in [5, 5.41) is 0. The van der Waals surface area contributed by atoms with E-state index in [0.29, 0.717) is 0 Å². The molecule has 2 radical (unpaired) electrons. The van der Waals surface area contributed by atoms with Crippen molar-refractivity contribution in [2.24, 2.45) is 0 Å². The van der Waals surface area contributed by atoms with Gasteiger partial charge >= 0.3 is 28.9 Å². The molecule has 1 atom stereocenters. The van der Waals surface area contributed by atoms with E-state index in [2.05, 4.69) is 6.89 Å². The molecular weight excluding hydrogens is 264 g/mol. The summed E-state index contributed by atoms with van der Waals surface area (Å²) in [6.45, 7) is 2.55. The van der Waals surface area contributed by atoms with Crippen molar-refractivity contribution >= 4 is 28.9 Å². The van der Waals surface area contributed by atoms with Crippen LogP contribution in [0, 0.1) is 0 Å². The van der Waals surface area contributed by atoms with Crippen LogP contribution in [0.2, 0.25) is 0 Å². The molecule has 0 spiro atoms. The van der Waals surface area contributed by atoms with Crippen molar-refractivity contribution in [1.82, 2.24) is 0 Å². The Morgan fingerprint density at radius 3 is 1.25 bits per heavy atom. The summed E-state index contributed by atoms with van der Waals surface area (Å²) >= 11 is 1.27. The fourth-order valence-electron chi connectivity index (χ4n) is 0. The summed E-state index contributed by atoms with van der Waals surface area (Å²) in [7, 11) is 0. The van der Waals surface area contributed by atoms with Crippen molar-refractivity contribution in [3.8, 4) is 0 Å². The van der Waals surface area contributed by atoms with Crippen LogP contribution in [0.4, 0.5) is 0 Å². The van der Waals surface area contributed by atoms with Crippen molar-refractivity contribution in [3.05, 3.63) is 0 Å². The third kappa shape index (κ3) is 8.87. The molecule has 0 heterocycles. The number of rotatable bonds is 0. The SMILES string of the molecule is [Fe].[Ni].[PH2][SnH]. The van der Waals surface area contributed by atoms with Gasteiger partial charge < -0.3 is 0 Å². The Balaban J connectivity index is -0.00000000500. The van der Waals surface area contributed by atoms with Gasteiger partial charge in [-0.25, -0.2) is 0 Å². The van der Waals surface area contributed by atoms with E-state index in [1.807, 2.05) is 0 Å². The normalized spacial score (nSPS) is 1.50. The Kier molecular flexibility index (Phi) is 76.6. The third-order valence-corrected chi connectivity index (χ3v) is 0. The maximum absolute atomic E-state index is 2.55. The first-order chi connectivity index (χ1) is 1.00. The summed E-state index contributed by atoms with van der Waals surface area (Å²) in [5.41, 5.74) is 0. The molecule has 30 valence electrons. The van der Waals surface area contributed by atoms with E-state index in [-0.39, 0.29) is 33.6 Å². The summed E-state index contributed by atoms with van der Waals surface area (Å²) in [6.07, 6.45) is 0. The minimum atomic E-state index is 0. The molecule has 0 saturated carbocycles. The van der Waals surface area contributed by atoms with Crippen molar-refractivity contribution in [1.29, 1.82) is 0 Å². The van der Waals surface area contributed by atoms with Crippen molar-refractivity contribution < 1.29 is 33.6 Å². The fourth-order valence-corrected chi connectivity index (χ4v) is 0. The Morgan fingerprint density at radius 1 is 1.25 bits per heavy atom. The third-order valence-electron chi connectivity index (χ3n) is 0. The maximum atomic E-state index is 2.55. The van der Waals surface area contributed by atoms with E-state index in [9.17, 15) is 0 Å². The van der Waals surface area contributed by atoms with Crippen LogP contribution in [0.25, 0.3) is 0 Å². The van der Waals surface area contributed by atoms with E-state index >= 15 is 0 Å². The second kappa shape index (κ2) is 18.8. The first kappa shape index (κ1) is 16.3. The Morgan fingerprint density at radius 2 is 1.25 bits per heavy atom. The van der Waals surface area contributed by atoms with Gasteiger partial charge in [0.15, 0.2) is 0 Å². The molecule has 4 heavy (non-hydrogen) atoms. The fraction of sp³-hybridized carbons (Fsp3) is 0. The van der Waals surface area contributed by atoms with Crippen LogP contribution in [0.15, 0.2) is 0 Å². The molecule has 0 aromatic carbocycles. The molecule has 1 unspecified atom stereocenters. The monoisotopic (exact) mass is 268 g/mol. The molecular formula is H3FeNiPSn. The summed E-state index contributed by atoms with van der Waals surface area (Å²) in [6, 6.07) is 0. The van der Waals surface area contributed by atoms with Gasteiger partial charge in [0.25, 0.3) is 0 Å². The van der Waals surface area contributed by atoms with Gasteiger partial charge in [0.2, 0.25) is 0 Å². The van der Waals surface area contributed by atoms with Crippen LogP contribution >= 0.6 is 6.89 Å². The molecule has 4 heteroatoms. The first-order valence-corrected chi connectivity index (χ1v) is 6.71. The molecule has 0 saturated heterocycles. The molecule has 0 bridgehead atoms. The van der Waals surface area contributed by atoms with E-state index in [0.717, 1.165) is 0 Å². The predicted molar refractivity (Wildman–Crippen MR) is 16.9 cm³/mol. The Bertz CT molecular complexity index is 8.00. The second-order valence-electron chi connectivity index (χ2n) is 0. The van der Waals surface area contributed by atoms with E-state index < -0.39 is 0 Å². The molecule has 0 nitrogen and oxygen atoms in total. The average molecular weight is 267 g/mol. The first-order valence-electron chi connectivity index (χ1n) is 0.333. The van der Waals surface area contributed by atoms with Gasteiger partial charge in [0.1, 0.15) is 0 Å². The zero-order chi connectivity index (χ0) is 2.00. The molecule has 0 aliphatic carbocycles. The van der Waals surface area contributed by atoms with Gasteiger partial charge in [-0.2, -0.15) is 0 Å². The second-order valence-corrected chi connectivity index (χ2v) is 0. The summed E-state index contributed by atoms with van der Waals surface area (Å²) in [5.74, 6) is 0. The number of hydrogen-bond donors (Lipinski definition) is 0. The molecule has 0 rings (SSSR count). The van der Waals surface area contributed by atoms with Gasteiger partial charge in [-0.05, 0) is 0 Å². The van der Waals surface area contributed by atoms with Gasteiger partial charge in [0, 0.05) is 33.6 Å². The zero-order valence-corrected chi connectivity index (χ0v) is 8.37. The molecule has 0 fully saturated rings. The molecule has 0 aliphatic heterocycles. The van der Waals surface area contributed by atoms with Crippen molar-refractivity contribution in [3.63, 3.8) is 0 Å². The number of hydrogen-bond acceptors (Lipinski definition) is 0. The Hall–Kier alpha value is 2.24. The van der Waals surface area contributed by atoms with Crippen molar-refractivity contribution in [2.75, 3.05) is 0 Å². The molecule has 0 amide bonds. The topological polar surface area (TPSA) is 0 Å². The molecule has 0 aromatic rings.